The molecule has 1 aromatic heterocycles. The average Bonchev–Trinajstić information content (AvgIpc) is 2.43. The van der Waals surface area contributed by atoms with E-state index in [0.717, 1.165) is 10.7 Å². The van der Waals surface area contributed by atoms with Crippen molar-refractivity contribution in [2.75, 3.05) is 20.3 Å². The molecule has 0 aliphatic heterocycles. The lowest BCUT2D eigenvalue weighted by atomic mass is 10.3. The van der Waals surface area contributed by atoms with Crippen molar-refractivity contribution in [1.29, 1.82) is 0 Å². The first-order chi connectivity index (χ1) is 9.49. The lowest BCUT2D eigenvalue weighted by Crippen LogP contribution is -2.44. The van der Waals surface area contributed by atoms with Crippen molar-refractivity contribution >= 4 is 11.9 Å². The smallest absolute Gasteiger partial charge is 0.328 e. The Labute approximate surface area is 113 Å². The fourth-order valence-electron chi connectivity index (χ4n) is 1.33. The highest BCUT2D eigenvalue weighted by molar-refractivity contribution is 5.94. The summed E-state index contributed by atoms with van der Waals surface area (Å²) in [5.74, 6) is -2.16. The van der Waals surface area contributed by atoms with Gasteiger partial charge in [-0.25, -0.2) is 9.48 Å². The summed E-state index contributed by atoms with van der Waals surface area (Å²) in [6.07, 6.45) is 0. The number of aliphatic carboxylic acids is 1. The van der Waals surface area contributed by atoms with Crippen LogP contribution in [0.5, 0.6) is 0 Å². The van der Waals surface area contributed by atoms with Crippen LogP contribution in [0.1, 0.15) is 10.5 Å². The fourth-order valence-corrected chi connectivity index (χ4v) is 1.33. The zero-order chi connectivity index (χ0) is 15.1. The highest BCUT2D eigenvalue weighted by Crippen LogP contribution is 1.93. The summed E-state index contributed by atoms with van der Waals surface area (Å²) in [7, 11) is 1.46. The van der Waals surface area contributed by atoms with Crippen LogP contribution in [-0.2, 0) is 16.1 Å². The van der Waals surface area contributed by atoms with Gasteiger partial charge in [-0.05, 0) is 6.07 Å². The van der Waals surface area contributed by atoms with E-state index in [-0.39, 0.29) is 18.8 Å². The molecule has 0 saturated heterocycles. The molecule has 0 aromatic carbocycles. The first-order valence-electron chi connectivity index (χ1n) is 5.71. The van der Waals surface area contributed by atoms with E-state index in [9.17, 15) is 14.4 Å². The second-order valence-corrected chi connectivity index (χ2v) is 3.82. The molecule has 9 heteroatoms. The van der Waals surface area contributed by atoms with Crippen molar-refractivity contribution in [3.05, 3.63) is 28.2 Å². The van der Waals surface area contributed by atoms with E-state index in [1.807, 2.05) is 0 Å². The second kappa shape index (κ2) is 7.36. The monoisotopic (exact) mass is 285 g/mol. The maximum atomic E-state index is 11.8. The number of carbonyl (C=O) groups is 2. The lowest BCUT2D eigenvalue weighted by molar-refractivity contribution is -0.140. The molecule has 1 atom stereocenters. The van der Waals surface area contributed by atoms with Crippen LogP contribution in [0.25, 0.3) is 0 Å². The number of rotatable bonds is 7. The Hall–Kier alpha value is -2.26. The van der Waals surface area contributed by atoms with Gasteiger partial charge in [0.25, 0.3) is 11.5 Å². The van der Waals surface area contributed by atoms with Crippen LogP contribution < -0.4 is 10.9 Å². The lowest BCUT2D eigenvalue weighted by Gasteiger charge is -2.11. The van der Waals surface area contributed by atoms with Gasteiger partial charge in [0.1, 0.15) is 5.69 Å². The first-order valence-corrected chi connectivity index (χ1v) is 5.71. The number of carbonyl (C=O) groups excluding carboxylic acids is 1. The summed E-state index contributed by atoms with van der Waals surface area (Å²) in [6.45, 7) is -0.338. The molecule has 0 unspecified atom stereocenters. The number of aromatic nitrogens is 2. The van der Waals surface area contributed by atoms with Crippen LogP contribution in [0.2, 0.25) is 0 Å². The predicted octanol–water partition coefficient (Wildman–Crippen LogP) is -1.93. The number of carboxylic acid groups (broad SMARTS) is 1. The van der Waals surface area contributed by atoms with Gasteiger partial charge in [0, 0.05) is 13.2 Å². The first kappa shape index (κ1) is 15.8. The number of carboxylic acids is 1. The summed E-state index contributed by atoms with van der Waals surface area (Å²) in [5.41, 5.74) is -0.532. The fraction of sp³-hybridized carbons (Fsp3) is 0.455. The molecule has 3 N–H and O–H groups in total. The molecule has 110 valence electrons. The third-order valence-corrected chi connectivity index (χ3v) is 2.39. The number of hydrogen-bond acceptors (Lipinski definition) is 6. The number of methoxy groups -OCH3 is 1. The van der Waals surface area contributed by atoms with Crippen LogP contribution in [0, 0.1) is 0 Å². The SMILES string of the molecule is COCCn1nc(C(=O)N[C@@H](CO)C(=O)O)ccc1=O. The standard InChI is InChI=1S/C11H15N3O6/c1-20-5-4-14-9(16)3-2-7(13-14)10(17)12-8(6-15)11(18)19/h2-3,8,15H,4-6H2,1H3,(H,12,17)(H,18,19)/t8-/m0/s1. The summed E-state index contributed by atoms with van der Waals surface area (Å²) < 4.78 is 5.84. The summed E-state index contributed by atoms with van der Waals surface area (Å²) in [4.78, 5) is 33.9. The van der Waals surface area contributed by atoms with Crippen LogP contribution >= 0.6 is 0 Å². The van der Waals surface area contributed by atoms with Gasteiger partial charge < -0.3 is 20.3 Å². The Balaban J connectivity index is 2.88. The molecule has 0 saturated carbocycles. The Kier molecular flexibility index (Phi) is 5.81. The molecule has 1 heterocycles. The topological polar surface area (TPSA) is 131 Å². The molecule has 1 rings (SSSR count). The van der Waals surface area contributed by atoms with Gasteiger partial charge in [0.05, 0.1) is 19.8 Å². The highest BCUT2D eigenvalue weighted by Gasteiger charge is 2.20. The van der Waals surface area contributed by atoms with Crippen molar-refractivity contribution in [3.63, 3.8) is 0 Å². The second-order valence-electron chi connectivity index (χ2n) is 3.82. The van der Waals surface area contributed by atoms with Gasteiger partial charge in [-0.2, -0.15) is 5.10 Å². The number of aliphatic hydroxyl groups excluding tert-OH is 1. The number of nitrogens with one attached hydrogen (secondary N) is 1. The third kappa shape index (κ3) is 4.14. The van der Waals surface area contributed by atoms with Gasteiger partial charge in [0.2, 0.25) is 0 Å². The molecule has 0 aliphatic rings. The third-order valence-electron chi connectivity index (χ3n) is 2.39. The number of amides is 1. The van der Waals surface area contributed by atoms with Crippen LogP contribution in [0.3, 0.4) is 0 Å². The Morgan fingerprint density at radius 2 is 2.20 bits per heavy atom. The molecular weight excluding hydrogens is 270 g/mol. The number of aliphatic hydroxyl groups is 1. The minimum atomic E-state index is -1.43. The highest BCUT2D eigenvalue weighted by atomic mass is 16.5. The predicted molar refractivity (Wildman–Crippen MR) is 66.3 cm³/mol. The molecule has 0 fully saturated rings. The Bertz CT molecular complexity index is 541. The maximum absolute atomic E-state index is 11.8. The number of nitrogens with zero attached hydrogens (tertiary/aromatic N) is 2. The van der Waals surface area contributed by atoms with Crippen molar-refractivity contribution in [1.82, 2.24) is 15.1 Å². The zero-order valence-electron chi connectivity index (χ0n) is 10.8. The van der Waals surface area contributed by atoms with Gasteiger partial charge in [-0.3, -0.25) is 9.59 Å². The minimum Gasteiger partial charge on any atom is -0.480 e. The van der Waals surface area contributed by atoms with Crippen molar-refractivity contribution in [2.24, 2.45) is 0 Å². The largest absolute Gasteiger partial charge is 0.480 e. The number of hydrogen-bond donors (Lipinski definition) is 3. The molecule has 9 nitrogen and oxygen atoms in total. The molecule has 0 spiro atoms. The van der Waals surface area contributed by atoms with E-state index in [4.69, 9.17) is 14.9 Å². The molecule has 0 aliphatic carbocycles. The molecule has 0 radical (unpaired) electrons. The minimum absolute atomic E-state index is 0.125. The van der Waals surface area contributed by atoms with Gasteiger partial charge >= 0.3 is 5.97 Å². The molecule has 1 aromatic rings. The Morgan fingerprint density at radius 3 is 2.75 bits per heavy atom. The van der Waals surface area contributed by atoms with Crippen LogP contribution in [0.15, 0.2) is 16.9 Å². The summed E-state index contributed by atoms with van der Waals surface area (Å²) in [5, 5.41) is 23.4. The van der Waals surface area contributed by atoms with Crippen LogP contribution in [-0.4, -0.2) is 58.2 Å². The Morgan fingerprint density at radius 1 is 1.50 bits per heavy atom. The van der Waals surface area contributed by atoms with Crippen molar-refractivity contribution in [2.45, 2.75) is 12.6 Å². The van der Waals surface area contributed by atoms with Gasteiger partial charge in [-0.15, -0.1) is 0 Å². The summed E-state index contributed by atoms with van der Waals surface area (Å²) >= 11 is 0. The molecule has 20 heavy (non-hydrogen) atoms. The van der Waals surface area contributed by atoms with E-state index in [2.05, 4.69) is 10.4 Å². The molecule has 0 bridgehead atoms. The van der Waals surface area contributed by atoms with E-state index < -0.39 is 30.1 Å². The van der Waals surface area contributed by atoms with Crippen LogP contribution in [0.4, 0.5) is 0 Å². The van der Waals surface area contributed by atoms with E-state index in [1.54, 1.807) is 0 Å². The normalized spacial score (nSPS) is 11.9. The summed E-state index contributed by atoms with van der Waals surface area (Å²) in [6, 6.07) is 0.896. The van der Waals surface area contributed by atoms with Crippen molar-refractivity contribution in [3.8, 4) is 0 Å². The van der Waals surface area contributed by atoms with E-state index >= 15 is 0 Å². The quantitative estimate of drug-likeness (QED) is 0.531. The maximum Gasteiger partial charge on any atom is 0.328 e. The number of ether oxygens (including phenoxy) is 1. The van der Waals surface area contributed by atoms with Crippen molar-refractivity contribution < 1.29 is 24.5 Å². The zero-order valence-corrected chi connectivity index (χ0v) is 10.8. The molecular formula is C11H15N3O6. The molecule has 1 amide bonds. The van der Waals surface area contributed by atoms with Gasteiger partial charge in [0.15, 0.2) is 6.04 Å². The van der Waals surface area contributed by atoms with Gasteiger partial charge in [-0.1, -0.05) is 0 Å². The van der Waals surface area contributed by atoms with E-state index in [0.29, 0.717) is 0 Å². The average molecular weight is 285 g/mol. The van der Waals surface area contributed by atoms with E-state index in [1.165, 1.54) is 13.2 Å².